The number of hydrogen-bond donors (Lipinski definition) is 1. The number of rotatable bonds is 4. The highest BCUT2D eigenvalue weighted by atomic mass is 32.2. The topological polar surface area (TPSA) is 64.0 Å². The van der Waals surface area contributed by atoms with E-state index in [0.717, 1.165) is 16.8 Å². The molecule has 0 fully saturated rings. The molecule has 0 aliphatic carbocycles. The van der Waals surface area contributed by atoms with Gasteiger partial charge in [-0.3, -0.25) is 4.98 Å². The summed E-state index contributed by atoms with van der Waals surface area (Å²) in [4.78, 5) is 4.08. The molecule has 0 unspecified atom stereocenters. The van der Waals surface area contributed by atoms with E-state index in [-0.39, 0.29) is 4.90 Å². The van der Waals surface area contributed by atoms with E-state index < -0.39 is 10.0 Å². The zero-order valence-electron chi connectivity index (χ0n) is 12.1. The number of aromatic nitrogens is 2. The minimum absolute atomic E-state index is 0.169. The Kier molecular flexibility index (Phi) is 3.76. The molecular formula is C15H15N3O2S2. The number of nitrogens with zero attached hydrogens (tertiary/aromatic N) is 2. The van der Waals surface area contributed by atoms with Gasteiger partial charge in [0, 0.05) is 36.6 Å². The molecule has 0 bridgehead atoms. The smallest absolute Gasteiger partial charge is 0.269 e. The van der Waals surface area contributed by atoms with Crippen molar-refractivity contribution in [3.05, 3.63) is 53.1 Å². The molecule has 3 aromatic rings. The van der Waals surface area contributed by atoms with E-state index in [0.29, 0.717) is 5.69 Å². The largest absolute Gasteiger partial charge is 0.387 e. The van der Waals surface area contributed by atoms with Gasteiger partial charge < -0.3 is 5.32 Å². The van der Waals surface area contributed by atoms with Crippen molar-refractivity contribution in [2.24, 2.45) is 0 Å². The van der Waals surface area contributed by atoms with Crippen molar-refractivity contribution >= 4 is 27.0 Å². The highest BCUT2D eigenvalue weighted by Crippen LogP contribution is 2.32. The second kappa shape index (κ2) is 5.58. The fraction of sp³-hybridized carbons (Fsp3) is 0.133. The van der Waals surface area contributed by atoms with E-state index in [4.69, 9.17) is 0 Å². The Hall–Kier alpha value is -2.12. The molecule has 0 spiro atoms. The third kappa shape index (κ3) is 2.42. The van der Waals surface area contributed by atoms with Gasteiger partial charge in [0.1, 0.15) is 4.90 Å². The summed E-state index contributed by atoms with van der Waals surface area (Å²) in [7, 11) is -1.92. The van der Waals surface area contributed by atoms with Gasteiger partial charge in [0.15, 0.2) is 0 Å². The van der Waals surface area contributed by atoms with Crippen molar-refractivity contribution in [1.82, 2.24) is 8.96 Å². The van der Waals surface area contributed by atoms with Gasteiger partial charge in [-0.2, -0.15) is 11.3 Å². The minimum Gasteiger partial charge on any atom is -0.387 e. The monoisotopic (exact) mass is 333 g/mol. The third-order valence-electron chi connectivity index (χ3n) is 3.40. The van der Waals surface area contributed by atoms with Crippen LogP contribution in [0.25, 0.3) is 11.3 Å². The molecular weight excluding hydrogens is 318 g/mol. The highest BCUT2D eigenvalue weighted by Gasteiger charge is 2.22. The van der Waals surface area contributed by atoms with Crippen molar-refractivity contribution in [2.45, 2.75) is 11.8 Å². The first-order valence-electron chi connectivity index (χ1n) is 6.63. The van der Waals surface area contributed by atoms with Crippen LogP contribution in [0, 0.1) is 6.92 Å². The molecule has 3 rings (SSSR count). The Morgan fingerprint density at radius 2 is 2.14 bits per heavy atom. The van der Waals surface area contributed by atoms with Crippen LogP contribution in [0.1, 0.15) is 5.56 Å². The molecule has 0 aliphatic rings. The Labute approximate surface area is 133 Å². The van der Waals surface area contributed by atoms with E-state index >= 15 is 0 Å². The normalized spacial score (nSPS) is 11.5. The van der Waals surface area contributed by atoms with Crippen LogP contribution in [-0.4, -0.2) is 24.4 Å². The van der Waals surface area contributed by atoms with Crippen molar-refractivity contribution in [2.75, 3.05) is 12.4 Å². The van der Waals surface area contributed by atoms with Crippen LogP contribution in [0.5, 0.6) is 0 Å². The highest BCUT2D eigenvalue weighted by molar-refractivity contribution is 7.90. The van der Waals surface area contributed by atoms with Crippen LogP contribution < -0.4 is 5.32 Å². The maximum Gasteiger partial charge on any atom is 0.269 e. The number of pyridine rings is 1. The number of anilines is 1. The molecule has 0 amide bonds. The van der Waals surface area contributed by atoms with Gasteiger partial charge in [-0.25, -0.2) is 12.4 Å². The summed E-state index contributed by atoms with van der Waals surface area (Å²) >= 11 is 1.55. The first kappa shape index (κ1) is 14.8. The van der Waals surface area contributed by atoms with Gasteiger partial charge in [0.05, 0.1) is 11.4 Å². The molecule has 0 aromatic carbocycles. The first-order valence-corrected chi connectivity index (χ1v) is 9.01. The predicted molar refractivity (Wildman–Crippen MR) is 88.8 cm³/mol. The zero-order chi connectivity index (χ0) is 15.7. The molecule has 0 saturated carbocycles. The lowest BCUT2D eigenvalue weighted by Gasteiger charge is -2.10. The summed E-state index contributed by atoms with van der Waals surface area (Å²) in [5, 5.41) is 6.96. The summed E-state index contributed by atoms with van der Waals surface area (Å²) in [6, 6.07) is 5.00. The zero-order valence-corrected chi connectivity index (χ0v) is 13.8. The van der Waals surface area contributed by atoms with Gasteiger partial charge in [-0.05, 0) is 36.1 Å². The number of aryl methyl sites for hydroxylation is 1. The molecule has 0 atom stereocenters. The van der Waals surface area contributed by atoms with Gasteiger partial charge in [0.2, 0.25) is 0 Å². The van der Waals surface area contributed by atoms with Gasteiger partial charge >= 0.3 is 0 Å². The van der Waals surface area contributed by atoms with E-state index in [1.165, 1.54) is 10.2 Å². The van der Waals surface area contributed by atoms with Gasteiger partial charge in [-0.1, -0.05) is 0 Å². The minimum atomic E-state index is -3.68. The lowest BCUT2D eigenvalue weighted by atomic mass is 10.1. The van der Waals surface area contributed by atoms with Crippen LogP contribution in [0.4, 0.5) is 5.69 Å². The summed E-state index contributed by atoms with van der Waals surface area (Å²) in [5.41, 5.74) is 3.35. The van der Waals surface area contributed by atoms with E-state index in [2.05, 4.69) is 10.3 Å². The molecule has 0 saturated heterocycles. The summed E-state index contributed by atoms with van der Waals surface area (Å²) in [5.74, 6) is 0. The van der Waals surface area contributed by atoms with Crippen molar-refractivity contribution in [1.29, 1.82) is 0 Å². The second-order valence-corrected chi connectivity index (χ2v) is 7.38. The Balaban J connectivity index is 2.23. The molecule has 1 N–H and O–H groups in total. The van der Waals surface area contributed by atoms with Crippen molar-refractivity contribution in [3.8, 4) is 11.3 Å². The van der Waals surface area contributed by atoms with Gasteiger partial charge in [0.25, 0.3) is 10.0 Å². The van der Waals surface area contributed by atoms with E-state index in [1.54, 1.807) is 42.9 Å². The Morgan fingerprint density at radius 1 is 1.32 bits per heavy atom. The molecule has 7 heteroatoms. The third-order valence-corrected chi connectivity index (χ3v) is 5.92. The summed E-state index contributed by atoms with van der Waals surface area (Å²) < 4.78 is 27.1. The standard InChI is InChI=1S/C15H15N3O2S2/c1-11-9-21-10-14(11)15-6-12(16-2)8-18(15)22(19,20)13-4-3-5-17-7-13/h3-10,16H,1-2H3. The van der Waals surface area contributed by atoms with E-state index in [9.17, 15) is 8.42 Å². The van der Waals surface area contributed by atoms with Crippen molar-refractivity contribution in [3.63, 3.8) is 0 Å². The lowest BCUT2D eigenvalue weighted by molar-refractivity contribution is 0.587. The molecule has 0 radical (unpaired) electrons. The lowest BCUT2D eigenvalue weighted by Crippen LogP contribution is -2.13. The number of nitrogens with one attached hydrogen (secondary N) is 1. The molecule has 5 nitrogen and oxygen atoms in total. The van der Waals surface area contributed by atoms with Crippen LogP contribution in [0.3, 0.4) is 0 Å². The number of hydrogen-bond acceptors (Lipinski definition) is 5. The van der Waals surface area contributed by atoms with Crippen LogP contribution in [0.15, 0.2) is 52.4 Å². The number of thiophene rings is 1. The molecule has 22 heavy (non-hydrogen) atoms. The fourth-order valence-corrected chi connectivity index (χ4v) is 4.39. The molecule has 3 aromatic heterocycles. The second-order valence-electron chi connectivity index (χ2n) is 4.82. The maximum atomic E-state index is 12.9. The SMILES string of the molecule is CNc1cc(-c2cscc2C)n(S(=O)(=O)c2cccnc2)c1. The average molecular weight is 333 g/mol. The predicted octanol–water partition coefficient (Wildman–Crippen LogP) is 3.20. The fourth-order valence-electron chi connectivity index (χ4n) is 2.21. The van der Waals surface area contributed by atoms with Crippen molar-refractivity contribution < 1.29 is 8.42 Å². The summed E-state index contributed by atoms with van der Waals surface area (Å²) in [6.45, 7) is 1.97. The molecule has 114 valence electrons. The Bertz CT molecular complexity index is 896. The first-order chi connectivity index (χ1) is 10.5. The van der Waals surface area contributed by atoms with Gasteiger partial charge in [-0.15, -0.1) is 0 Å². The quantitative estimate of drug-likeness (QED) is 0.796. The molecule has 3 heterocycles. The Morgan fingerprint density at radius 3 is 2.73 bits per heavy atom. The van der Waals surface area contributed by atoms with Crippen LogP contribution >= 0.6 is 11.3 Å². The van der Waals surface area contributed by atoms with Crippen LogP contribution in [0.2, 0.25) is 0 Å². The van der Waals surface area contributed by atoms with E-state index in [1.807, 2.05) is 23.8 Å². The summed E-state index contributed by atoms with van der Waals surface area (Å²) in [6.07, 6.45) is 4.51. The maximum absolute atomic E-state index is 12.9. The molecule has 0 aliphatic heterocycles. The average Bonchev–Trinajstić information content (AvgIpc) is 3.14. The van der Waals surface area contributed by atoms with Crippen LogP contribution in [-0.2, 0) is 10.0 Å².